The van der Waals surface area contributed by atoms with Gasteiger partial charge in [-0.3, -0.25) is 0 Å². The van der Waals surface area contributed by atoms with Gasteiger partial charge in [0, 0.05) is 24.2 Å². The van der Waals surface area contributed by atoms with Gasteiger partial charge in [-0.25, -0.2) is 23.1 Å². The Kier molecular flexibility index (Phi) is 10.2. The molecule has 0 aliphatic heterocycles. The van der Waals surface area contributed by atoms with Crippen molar-refractivity contribution in [2.24, 2.45) is 0 Å². The van der Waals surface area contributed by atoms with Gasteiger partial charge in [0.25, 0.3) is 0 Å². The minimum Gasteiger partial charge on any atom is -0.478 e. The van der Waals surface area contributed by atoms with E-state index in [2.05, 4.69) is 21.6 Å². The van der Waals surface area contributed by atoms with Gasteiger partial charge in [0.15, 0.2) is 24.0 Å². The third kappa shape index (κ3) is 8.68. The van der Waals surface area contributed by atoms with Crippen molar-refractivity contribution in [1.29, 1.82) is 0 Å². The average molecular weight is 575 g/mol. The topological polar surface area (TPSA) is 35.0 Å². The number of rotatable bonds is 13. The zero-order valence-electron chi connectivity index (χ0n) is 22.8. The SMILES string of the molecule is CCCCCCc1cnc(CCc2ccc3c(F)c(CCc4cc(F)c(OCC(F)(F)F)c(F)c4)ccc3c2)nc1. The lowest BCUT2D eigenvalue weighted by atomic mass is 9.98. The van der Waals surface area contributed by atoms with Crippen LogP contribution < -0.4 is 4.74 Å². The predicted octanol–water partition coefficient (Wildman–Crippen LogP) is 8.68. The molecule has 0 bridgehead atoms. The van der Waals surface area contributed by atoms with E-state index in [0.717, 1.165) is 47.3 Å². The molecule has 0 saturated heterocycles. The van der Waals surface area contributed by atoms with Crippen molar-refractivity contribution in [2.75, 3.05) is 6.61 Å². The molecule has 4 aromatic rings. The van der Waals surface area contributed by atoms with Gasteiger partial charge in [0.2, 0.25) is 0 Å². The summed E-state index contributed by atoms with van der Waals surface area (Å²) in [5.74, 6) is -3.21. The van der Waals surface area contributed by atoms with E-state index in [0.29, 0.717) is 23.8 Å². The Balaban J connectivity index is 1.35. The Morgan fingerprint density at radius 2 is 1.41 bits per heavy atom. The quantitative estimate of drug-likeness (QED) is 0.118. The molecule has 0 N–H and O–H groups in total. The fourth-order valence-electron chi connectivity index (χ4n) is 4.71. The van der Waals surface area contributed by atoms with Gasteiger partial charge in [-0.2, -0.15) is 13.2 Å². The van der Waals surface area contributed by atoms with E-state index in [4.69, 9.17) is 0 Å². The molecule has 1 aromatic heterocycles. The first kappa shape index (κ1) is 30.3. The first-order valence-electron chi connectivity index (χ1n) is 13.8. The number of fused-ring (bicyclic) bond motifs is 1. The highest BCUT2D eigenvalue weighted by atomic mass is 19.4. The number of unbranched alkanes of at least 4 members (excludes halogenated alkanes) is 3. The maximum absolute atomic E-state index is 15.3. The van der Waals surface area contributed by atoms with Crippen molar-refractivity contribution in [3.63, 3.8) is 0 Å². The molecule has 218 valence electrons. The largest absolute Gasteiger partial charge is 0.478 e. The Morgan fingerprint density at radius 3 is 2.10 bits per heavy atom. The average Bonchev–Trinajstić information content (AvgIpc) is 2.93. The van der Waals surface area contributed by atoms with E-state index < -0.39 is 36.0 Å². The lowest BCUT2D eigenvalue weighted by Gasteiger charge is -2.12. The summed E-state index contributed by atoms with van der Waals surface area (Å²) in [7, 11) is 0. The summed E-state index contributed by atoms with van der Waals surface area (Å²) in [5.41, 5.74) is 2.72. The highest BCUT2D eigenvalue weighted by Crippen LogP contribution is 2.28. The summed E-state index contributed by atoms with van der Waals surface area (Å²) in [5, 5.41) is 1.17. The molecule has 0 saturated carbocycles. The zero-order valence-corrected chi connectivity index (χ0v) is 22.8. The van der Waals surface area contributed by atoms with E-state index in [1.807, 2.05) is 24.5 Å². The molecular formula is C32H32F6N2O. The Morgan fingerprint density at radius 1 is 0.707 bits per heavy atom. The van der Waals surface area contributed by atoms with Gasteiger partial charge < -0.3 is 4.74 Å². The Hall–Kier alpha value is -3.62. The minimum absolute atomic E-state index is 0.0887. The molecule has 41 heavy (non-hydrogen) atoms. The summed E-state index contributed by atoms with van der Waals surface area (Å²) in [6, 6.07) is 10.8. The molecular weight excluding hydrogens is 542 g/mol. The summed E-state index contributed by atoms with van der Waals surface area (Å²) in [4.78, 5) is 8.98. The second kappa shape index (κ2) is 13.8. The van der Waals surface area contributed by atoms with Crippen molar-refractivity contribution in [3.05, 3.63) is 100 Å². The number of hydrogen-bond acceptors (Lipinski definition) is 3. The van der Waals surface area contributed by atoms with E-state index in [9.17, 15) is 22.0 Å². The van der Waals surface area contributed by atoms with Gasteiger partial charge in [0.1, 0.15) is 11.6 Å². The molecule has 0 fully saturated rings. The van der Waals surface area contributed by atoms with Gasteiger partial charge in [-0.1, -0.05) is 56.5 Å². The summed E-state index contributed by atoms with van der Waals surface area (Å²) in [6.07, 6.45) is 6.45. The maximum Gasteiger partial charge on any atom is 0.422 e. The van der Waals surface area contributed by atoms with Crippen LogP contribution in [0.15, 0.2) is 54.9 Å². The molecule has 3 aromatic carbocycles. The van der Waals surface area contributed by atoms with Crippen molar-refractivity contribution in [3.8, 4) is 5.75 Å². The highest BCUT2D eigenvalue weighted by molar-refractivity contribution is 5.84. The molecule has 0 unspecified atom stereocenters. The predicted molar refractivity (Wildman–Crippen MR) is 147 cm³/mol. The molecule has 0 radical (unpaired) electrons. The van der Waals surface area contributed by atoms with Crippen LogP contribution in [-0.2, 0) is 32.1 Å². The first-order chi connectivity index (χ1) is 19.6. The van der Waals surface area contributed by atoms with Gasteiger partial charge in [-0.05, 0) is 71.9 Å². The van der Waals surface area contributed by atoms with E-state index >= 15 is 4.39 Å². The third-order valence-electron chi connectivity index (χ3n) is 6.93. The Labute approximate surface area is 235 Å². The van der Waals surface area contributed by atoms with Crippen LogP contribution in [0.2, 0.25) is 0 Å². The van der Waals surface area contributed by atoms with Crippen LogP contribution in [-0.4, -0.2) is 22.8 Å². The van der Waals surface area contributed by atoms with E-state index in [-0.39, 0.29) is 18.4 Å². The standard InChI is InChI=1S/C32H32F6N2O/c1-2-3-4-5-6-23-18-39-29(40-19-23)14-9-21-8-13-26-25(15-21)12-11-24(30(26)35)10-7-22-16-27(33)31(28(34)17-22)41-20-32(36,37)38/h8,11-13,15-19H,2-7,9-10,14,20H2,1H3. The Bertz CT molecular complexity index is 1430. The van der Waals surface area contributed by atoms with Gasteiger partial charge in [0.05, 0.1) is 0 Å². The normalized spacial score (nSPS) is 11.8. The van der Waals surface area contributed by atoms with Crippen LogP contribution in [0.4, 0.5) is 26.3 Å². The van der Waals surface area contributed by atoms with Crippen LogP contribution >= 0.6 is 0 Å². The fourth-order valence-corrected chi connectivity index (χ4v) is 4.71. The monoisotopic (exact) mass is 574 g/mol. The van der Waals surface area contributed by atoms with E-state index in [1.165, 1.54) is 19.3 Å². The maximum atomic E-state index is 15.3. The van der Waals surface area contributed by atoms with Crippen molar-refractivity contribution in [2.45, 2.75) is 70.9 Å². The van der Waals surface area contributed by atoms with Crippen LogP contribution in [0.1, 0.15) is 60.7 Å². The molecule has 9 heteroatoms. The van der Waals surface area contributed by atoms with Gasteiger partial charge in [-0.15, -0.1) is 0 Å². The lowest BCUT2D eigenvalue weighted by molar-refractivity contribution is -0.154. The van der Waals surface area contributed by atoms with Crippen LogP contribution in [0.5, 0.6) is 5.75 Å². The second-order valence-corrected chi connectivity index (χ2v) is 10.2. The second-order valence-electron chi connectivity index (χ2n) is 10.2. The molecule has 0 amide bonds. The van der Waals surface area contributed by atoms with Crippen LogP contribution in [0, 0.1) is 17.5 Å². The lowest BCUT2D eigenvalue weighted by Crippen LogP contribution is -2.20. The highest BCUT2D eigenvalue weighted by Gasteiger charge is 2.30. The first-order valence-corrected chi connectivity index (χ1v) is 13.8. The van der Waals surface area contributed by atoms with Crippen LogP contribution in [0.25, 0.3) is 10.8 Å². The summed E-state index contributed by atoms with van der Waals surface area (Å²) in [6.45, 7) is 0.387. The van der Waals surface area contributed by atoms with Crippen molar-refractivity contribution in [1.82, 2.24) is 9.97 Å². The number of alkyl halides is 3. The number of aromatic nitrogens is 2. The van der Waals surface area contributed by atoms with Gasteiger partial charge >= 0.3 is 6.18 Å². The molecule has 0 atom stereocenters. The number of halogens is 6. The zero-order chi connectivity index (χ0) is 29.4. The molecule has 0 aliphatic carbocycles. The molecule has 0 spiro atoms. The summed E-state index contributed by atoms with van der Waals surface area (Å²) < 4.78 is 84.8. The molecule has 0 aliphatic rings. The molecule has 4 rings (SSSR count). The minimum atomic E-state index is -4.72. The third-order valence-corrected chi connectivity index (χ3v) is 6.93. The van der Waals surface area contributed by atoms with Crippen molar-refractivity contribution < 1.29 is 31.1 Å². The number of benzene rings is 3. The number of hydrogen-bond donors (Lipinski definition) is 0. The van der Waals surface area contributed by atoms with Crippen molar-refractivity contribution >= 4 is 10.8 Å². The van der Waals surface area contributed by atoms with Crippen LogP contribution in [0.3, 0.4) is 0 Å². The number of ether oxygens (including phenoxy) is 1. The number of aryl methyl sites for hydroxylation is 5. The smallest absolute Gasteiger partial charge is 0.422 e. The fraction of sp³-hybridized carbons (Fsp3) is 0.375. The summed E-state index contributed by atoms with van der Waals surface area (Å²) >= 11 is 0. The number of nitrogens with zero attached hydrogens (tertiary/aromatic N) is 2. The molecule has 3 nitrogen and oxygen atoms in total. The molecule has 1 heterocycles. The van der Waals surface area contributed by atoms with E-state index in [1.54, 1.807) is 18.2 Å².